The lowest BCUT2D eigenvalue weighted by molar-refractivity contribution is 0.157. The summed E-state index contributed by atoms with van der Waals surface area (Å²) in [7, 11) is 0. The molecule has 0 saturated carbocycles. The quantitative estimate of drug-likeness (QED) is 0.849. The molecular formula is C13H18BrFO. The van der Waals surface area contributed by atoms with Gasteiger partial charge < -0.3 is 5.11 Å². The Labute approximate surface area is 105 Å². The van der Waals surface area contributed by atoms with Crippen molar-refractivity contribution in [3.63, 3.8) is 0 Å². The van der Waals surface area contributed by atoms with Gasteiger partial charge in [-0.3, -0.25) is 0 Å². The summed E-state index contributed by atoms with van der Waals surface area (Å²) in [5.41, 5.74) is 0.387. The summed E-state index contributed by atoms with van der Waals surface area (Å²) in [5.74, 6) is 0.277. The third kappa shape index (κ3) is 3.87. The number of rotatable bonds is 5. The molecule has 3 heteroatoms. The van der Waals surface area contributed by atoms with Crippen LogP contribution in [-0.4, -0.2) is 5.11 Å². The minimum Gasteiger partial charge on any atom is -0.388 e. The molecule has 0 aliphatic rings. The number of hydrogen-bond donors (Lipinski definition) is 1. The Bertz CT molecular complexity index is 339. The molecule has 0 bridgehead atoms. The number of aliphatic hydroxyl groups excluding tert-OH is 1. The Morgan fingerprint density at radius 3 is 2.62 bits per heavy atom. The van der Waals surface area contributed by atoms with E-state index in [9.17, 15) is 9.50 Å². The first-order chi connectivity index (χ1) is 7.52. The minimum atomic E-state index is -0.698. The van der Waals surface area contributed by atoms with Crippen molar-refractivity contribution < 1.29 is 9.50 Å². The molecule has 1 N–H and O–H groups in total. The molecule has 1 nitrogen and oxygen atoms in total. The van der Waals surface area contributed by atoms with Crippen LogP contribution in [0.2, 0.25) is 0 Å². The van der Waals surface area contributed by atoms with Gasteiger partial charge in [0, 0.05) is 5.56 Å². The highest BCUT2D eigenvalue weighted by molar-refractivity contribution is 9.10. The summed E-state index contributed by atoms with van der Waals surface area (Å²) in [6, 6.07) is 5.02. The van der Waals surface area contributed by atoms with Crippen LogP contribution in [0.4, 0.5) is 4.39 Å². The highest BCUT2D eigenvalue weighted by Gasteiger charge is 2.14. The van der Waals surface area contributed by atoms with Crippen molar-refractivity contribution >= 4 is 15.9 Å². The molecule has 1 aromatic rings. The summed E-state index contributed by atoms with van der Waals surface area (Å²) < 4.78 is 14.0. The molecule has 0 saturated heterocycles. The van der Waals surface area contributed by atoms with Crippen molar-refractivity contribution in [2.75, 3.05) is 0 Å². The molecule has 0 radical (unpaired) electrons. The zero-order chi connectivity index (χ0) is 12.1. The largest absolute Gasteiger partial charge is 0.388 e. The van der Waals surface area contributed by atoms with Gasteiger partial charge in [0.1, 0.15) is 5.82 Å². The van der Waals surface area contributed by atoms with Crippen LogP contribution in [0.15, 0.2) is 22.7 Å². The van der Waals surface area contributed by atoms with E-state index in [0.717, 1.165) is 12.8 Å². The first-order valence-corrected chi connectivity index (χ1v) is 6.43. The zero-order valence-corrected chi connectivity index (χ0v) is 11.3. The normalized spacial score (nSPS) is 13.1. The molecule has 0 aliphatic heterocycles. The van der Waals surface area contributed by atoms with Crippen molar-refractivity contribution in [3.8, 4) is 0 Å². The lowest BCUT2D eigenvalue weighted by Gasteiger charge is -2.13. The highest BCUT2D eigenvalue weighted by Crippen LogP contribution is 2.27. The van der Waals surface area contributed by atoms with Crippen molar-refractivity contribution in [1.82, 2.24) is 0 Å². The first kappa shape index (κ1) is 13.7. The highest BCUT2D eigenvalue weighted by atomic mass is 79.9. The summed E-state index contributed by atoms with van der Waals surface area (Å²) in [5, 5.41) is 9.88. The van der Waals surface area contributed by atoms with Crippen LogP contribution in [0.25, 0.3) is 0 Å². The van der Waals surface area contributed by atoms with Crippen LogP contribution < -0.4 is 0 Å². The maximum Gasteiger partial charge on any atom is 0.143 e. The van der Waals surface area contributed by atoms with Gasteiger partial charge in [0.15, 0.2) is 0 Å². The Hall–Kier alpha value is -0.410. The first-order valence-electron chi connectivity index (χ1n) is 5.64. The van der Waals surface area contributed by atoms with Gasteiger partial charge in [-0.15, -0.1) is 0 Å². The number of benzene rings is 1. The third-order valence-corrected chi connectivity index (χ3v) is 3.21. The molecule has 0 aromatic heterocycles. The third-order valence-electron chi connectivity index (χ3n) is 2.60. The SMILES string of the molecule is CC(C)CCCC(O)c1cccc(Br)c1F. The molecule has 16 heavy (non-hydrogen) atoms. The van der Waals surface area contributed by atoms with E-state index in [-0.39, 0.29) is 5.82 Å². The van der Waals surface area contributed by atoms with Crippen LogP contribution in [0.1, 0.15) is 44.8 Å². The molecule has 0 amide bonds. The van der Waals surface area contributed by atoms with Gasteiger partial charge in [-0.25, -0.2) is 4.39 Å². The number of aliphatic hydroxyl groups is 1. The maximum atomic E-state index is 13.6. The second-order valence-corrected chi connectivity index (χ2v) is 5.34. The average Bonchev–Trinajstić information content (AvgIpc) is 2.21. The van der Waals surface area contributed by atoms with Crippen LogP contribution in [0.3, 0.4) is 0 Å². The molecular weight excluding hydrogens is 271 g/mol. The zero-order valence-electron chi connectivity index (χ0n) is 9.71. The lowest BCUT2D eigenvalue weighted by Crippen LogP contribution is -2.02. The lowest BCUT2D eigenvalue weighted by atomic mass is 10.00. The fraction of sp³-hybridized carbons (Fsp3) is 0.538. The van der Waals surface area contributed by atoms with Crippen molar-refractivity contribution in [2.45, 2.75) is 39.2 Å². The van der Waals surface area contributed by atoms with Crippen molar-refractivity contribution in [1.29, 1.82) is 0 Å². The summed E-state index contributed by atoms with van der Waals surface area (Å²) in [6.45, 7) is 4.29. The monoisotopic (exact) mass is 288 g/mol. The predicted molar refractivity (Wildman–Crippen MR) is 67.7 cm³/mol. The topological polar surface area (TPSA) is 20.2 Å². The van der Waals surface area contributed by atoms with Gasteiger partial charge in [-0.2, -0.15) is 0 Å². The van der Waals surface area contributed by atoms with E-state index < -0.39 is 6.10 Å². The molecule has 1 aromatic carbocycles. The molecule has 1 rings (SSSR count). The van der Waals surface area contributed by atoms with E-state index in [1.807, 2.05) is 0 Å². The van der Waals surface area contributed by atoms with Gasteiger partial charge in [-0.1, -0.05) is 38.8 Å². The van der Waals surface area contributed by atoms with Gasteiger partial charge in [0.25, 0.3) is 0 Å². The fourth-order valence-electron chi connectivity index (χ4n) is 1.65. The smallest absolute Gasteiger partial charge is 0.143 e. The van der Waals surface area contributed by atoms with Crippen LogP contribution in [0.5, 0.6) is 0 Å². The molecule has 1 atom stereocenters. The Kier molecular flexibility index (Phi) is 5.42. The molecule has 0 spiro atoms. The Morgan fingerprint density at radius 1 is 1.31 bits per heavy atom. The van der Waals surface area contributed by atoms with Gasteiger partial charge in [0.2, 0.25) is 0 Å². The minimum absolute atomic E-state index is 0.348. The van der Waals surface area contributed by atoms with Crippen LogP contribution >= 0.6 is 15.9 Å². The Morgan fingerprint density at radius 2 is 2.00 bits per heavy atom. The maximum absolute atomic E-state index is 13.6. The van der Waals surface area contributed by atoms with E-state index in [1.165, 1.54) is 0 Å². The van der Waals surface area contributed by atoms with Crippen LogP contribution in [-0.2, 0) is 0 Å². The number of hydrogen-bond acceptors (Lipinski definition) is 1. The van der Waals surface area contributed by atoms with Crippen LogP contribution in [0, 0.1) is 11.7 Å². The predicted octanol–water partition coefficient (Wildman–Crippen LogP) is 4.45. The molecule has 1 unspecified atom stereocenters. The second kappa shape index (κ2) is 6.36. The van der Waals surface area contributed by atoms with E-state index in [0.29, 0.717) is 22.4 Å². The molecule has 90 valence electrons. The van der Waals surface area contributed by atoms with E-state index in [4.69, 9.17) is 0 Å². The van der Waals surface area contributed by atoms with Crippen molar-refractivity contribution in [3.05, 3.63) is 34.1 Å². The molecule has 0 fully saturated rings. The van der Waals surface area contributed by atoms with E-state index in [2.05, 4.69) is 29.8 Å². The number of halogens is 2. The summed E-state index contributed by atoms with van der Waals surface area (Å²) >= 11 is 3.12. The van der Waals surface area contributed by atoms with Gasteiger partial charge in [0.05, 0.1) is 10.6 Å². The summed E-state index contributed by atoms with van der Waals surface area (Å²) in [4.78, 5) is 0. The Balaban J connectivity index is 2.59. The van der Waals surface area contributed by atoms with Crippen molar-refractivity contribution in [2.24, 2.45) is 5.92 Å². The van der Waals surface area contributed by atoms with Gasteiger partial charge in [-0.05, 0) is 34.3 Å². The average molecular weight is 289 g/mol. The van der Waals surface area contributed by atoms with Gasteiger partial charge >= 0.3 is 0 Å². The fourth-order valence-corrected chi connectivity index (χ4v) is 2.03. The van der Waals surface area contributed by atoms with E-state index >= 15 is 0 Å². The molecule has 0 aliphatic carbocycles. The summed E-state index contributed by atoms with van der Waals surface area (Å²) in [6.07, 6.45) is 1.90. The molecule has 0 heterocycles. The standard InChI is InChI=1S/C13H18BrFO/c1-9(2)5-3-8-12(16)10-6-4-7-11(14)13(10)15/h4,6-7,9,12,16H,3,5,8H2,1-2H3. The van der Waals surface area contributed by atoms with E-state index in [1.54, 1.807) is 18.2 Å². The second-order valence-electron chi connectivity index (χ2n) is 4.48.